The zero-order valence-electron chi connectivity index (χ0n) is 12.5. The third-order valence-electron chi connectivity index (χ3n) is 3.08. The summed E-state index contributed by atoms with van der Waals surface area (Å²) in [6.45, 7) is 5.65. The van der Waals surface area contributed by atoms with E-state index in [9.17, 15) is 18.3 Å². The number of amides is 1. The molecule has 1 amide bonds. The summed E-state index contributed by atoms with van der Waals surface area (Å²) in [6.07, 6.45) is 0. The molecule has 0 aliphatic rings. The first-order valence-electron chi connectivity index (χ1n) is 6.83. The molecule has 0 aliphatic carbocycles. The van der Waals surface area contributed by atoms with E-state index in [-0.39, 0.29) is 29.4 Å². The Morgan fingerprint density at radius 3 is 2.24 bits per heavy atom. The molecule has 0 fully saturated rings. The lowest BCUT2D eigenvalue weighted by Gasteiger charge is -2.19. The molecule has 21 heavy (non-hydrogen) atoms. The van der Waals surface area contributed by atoms with E-state index in [1.54, 1.807) is 6.92 Å². The van der Waals surface area contributed by atoms with Gasteiger partial charge in [0.25, 0.3) is 5.91 Å². The van der Waals surface area contributed by atoms with E-state index in [4.69, 9.17) is 0 Å². The van der Waals surface area contributed by atoms with Crippen LogP contribution in [0.2, 0.25) is 0 Å². The fourth-order valence-corrected chi connectivity index (χ4v) is 2.77. The Balaban J connectivity index is 2.85. The summed E-state index contributed by atoms with van der Waals surface area (Å²) in [7, 11) is -3.52. The fourth-order valence-electron chi connectivity index (χ4n) is 1.73. The van der Waals surface area contributed by atoms with Crippen molar-refractivity contribution in [2.45, 2.75) is 31.7 Å². The molecule has 0 saturated carbocycles. The SMILES string of the molecule is CCNS(=O)(=O)c1ccc(C(=O)N[C@H](CO)C(C)C)cc1. The molecule has 118 valence electrons. The minimum absolute atomic E-state index is 0.104. The fraction of sp³-hybridized carbons (Fsp3) is 0.500. The first kappa shape index (κ1) is 17.6. The van der Waals surface area contributed by atoms with Crippen molar-refractivity contribution >= 4 is 15.9 Å². The minimum Gasteiger partial charge on any atom is -0.394 e. The average molecular weight is 314 g/mol. The molecule has 6 nitrogen and oxygen atoms in total. The number of hydrogen-bond acceptors (Lipinski definition) is 4. The van der Waals surface area contributed by atoms with Gasteiger partial charge in [-0.3, -0.25) is 4.79 Å². The summed E-state index contributed by atoms with van der Waals surface area (Å²) < 4.78 is 25.9. The summed E-state index contributed by atoms with van der Waals surface area (Å²) in [6, 6.07) is 5.34. The number of benzene rings is 1. The number of carbonyl (C=O) groups is 1. The Morgan fingerprint density at radius 2 is 1.81 bits per heavy atom. The third kappa shape index (κ3) is 4.80. The van der Waals surface area contributed by atoms with Gasteiger partial charge in [0.2, 0.25) is 10.0 Å². The average Bonchev–Trinajstić information content (AvgIpc) is 2.44. The molecule has 0 unspecified atom stereocenters. The number of hydrogen-bond donors (Lipinski definition) is 3. The van der Waals surface area contributed by atoms with E-state index >= 15 is 0 Å². The summed E-state index contributed by atoms with van der Waals surface area (Å²) in [5.41, 5.74) is 0.351. The predicted octanol–water partition coefficient (Wildman–Crippen LogP) is 0.731. The number of nitrogens with one attached hydrogen (secondary N) is 2. The van der Waals surface area contributed by atoms with Crippen molar-refractivity contribution in [2.24, 2.45) is 5.92 Å². The second kappa shape index (κ2) is 7.53. The maximum Gasteiger partial charge on any atom is 0.251 e. The molecule has 0 heterocycles. The van der Waals surface area contributed by atoms with Crippen molar-refractivity contribution in [2.75, 3.05) is 13.2 Å². The number of rotatable bonds is 7. The molecular formula is C14H22N2O4S. The highest BCUT2D eigenvalue weighted by molar-refractivity contribution is 7.89. The quantitative estimate of drug-likeness (QED) is 0.691. The molecule has 0 bridgehead atoms. The van der Waals surface area contributed by atoms with Crippen molar-refractivity contribution in [3.8, 4) is 0 Å². The van der Waals surface area contributed by atoms with E-state index < -0.39 is 10.0 Å². The third-order valence-corrected chi connectivity index (χ3v) is 4.64. The lowest BCUT2D eigenvalue weighted by atomic mass is 10.0. The molecule has 1 atom stereocenters. The van der Waals surface area contributed by atoms with Gasteiger partial charge < -0.3 is 10.4 Å². The molecule has 0 saturated heterocycles. The number of aliphatic hydroxyl groups excluding tert-OH is 1. The first-order valence-corrected chi connectivity index (χ1v) is 8.31. The predicted molar refractivity (Wildman–Crippen MR) is 80.5 cm³/mol. The topological polar surface area (TPSA) is 95.5 Å². The van der Waals surface area contributed by atoms with Crippen LogP contribution in [0.1, 0.15) is 31.1 Å². The van der Waals surface area contributed by atoms with E-state index in [0.717, 1.165) is 0 Å². The van der Waals surface area contributed by atoms with Crippen LogP contribution in [0.15, 0.2) is 29.2 Å². The van der Waals surface area contributed by atoms with E-state index in [1.807, 2.05) is 13.8 Å². The van der Waals surface area contributed by atoms with Gasteiger partial charge in [-0.1, -0.05) is 20.8 Å². The number of aliphatic hydroxyl groups is 1. The Kier molecular flexibility index (Phi) is 6.32. The number of carbonyl (C=O) groups excluding carboxylic acids is 1. The van der Waals surface area contributed by atoms with Crippen molar-refractivity contribution in [3.63, 3.8) is 0 Å². The molecule has 3 N–H and O–H groups in total. The summed E-state index contributed by atoms with van der Waals surface area (Å²) in [5.74, 6) is -0.234. The second-order valence-corrected chi connectivity index (χ2v) is 6.80. The van der Waals surface area contributed by atoms with Gasteiger partial charge in [-0.15, -0.1) is 0 Å². The van der Waals surface area contributed by atoms with Crippen LogP contribution in [0, 0.1) is 5.92 Å². The highest BCUT2D eigenvalue weighted by atomic mass is 32.2. The molecule has 0 radical (unpaired) electrons. The first-order chi connectivity index (χ1) is 9.81. The van der Waals surface area contributed by atoms with Crippen LogP contribution >= 0.6 is 0 Å². The van der Waals surface area contributed by atoms with Crippen molar-refractivity contribution < 1.29 is 18.3 Å². The van der Waals surface area contributed by atoms with Crippen LogP contribution < -0.4 is 10.0 Å². The highest BCUT2D eigenvalue weighted by Crippen LogP contribution is 2.11. The standard InChI is InChI=1S/C14H22N2O4S/c1-4-15-21(19,20)12-7-5-11(6-8-12)14(18)16-13(9-17)10(2)3/h5-8,10,13,15,17H,4,9H2,1-3H3,(H,16,18)/t13-/m1/s1. The van der Waals surface area contributed by atoms with Crippen LogP contribution in [0.25, 0.3) is 0 Å². The Hall–Kier alpha value is -1.44. The van der Waals surface area contributed by atoms with E-state index in [0.29, 0.717) is 12.1 Å². The maximum absolute atomic E-state index is 12.0. The lowest BCUT2D eigenvalue weighted by Crippen LogP contribution is -2.41. The normalized spacial score (nSPS) is 13.2. The van der Waals surface area contributed by atoms with Gasteiger partial charge in [0, 0.05) is 12.1 Å². The summed E-state index contributed by atoms with van der Waals surface area (Å²) in [4.78, 5) is 12.1. The van der Waals surface area contributed by atoms with Gasteiger partial charge in [0.1, 0.15) is 0 Å². The van der Waals surface area contributed by atoms with Crippen LogP contribution in [-0.2, 0) is 10.0 Å². The maximum atomic E-state index is 12.0. The van der Waals surface area contributed by atoms with Crippen LogP contribution in [0.5, 0.6) is 0 Å². The Bertz CT molecular complexity index is 567. The summed E-state index contributed by atoms with van der Waals surface area (Å²) >= 11 is 0. The van der Waals surface area contributed by atoms with Gasteiger partial charge in [-0.05, 0) is 30.2 Å². The van der Waals surface area contributed by atoms with Crippen LogP contribution in [-0.4, -0.2) is 38.6 Å². The van der Waals surface area contributed by atoms with Crippen LogP contribution in [0.4, 0.5) is 0 Å². The van der Waals surface area contributed by atoms with E-state index in [2.05, 4.69) is 10.0 Å². The van der Waals surface area contributed by atoms with Crippen LogP contribution in [0.3, 0.4) is 0 Å². The lowest BCUT2D eigenvalue weighted by molar-refractivity contribution is 0.0897. The Morgan fingerprint density at radius 1 is 1.24 bits per heavy atom. The van der Waals surface area contributed by atoms with Crippen molar-refractivity contribution in [3.05, 3.63) is 29.8 Å². The summed E-state index contributed by atoms with van der Waals surface area (Å²) in [5, 5.41) is 11.9. The van der Waals surface area contributed by atoms with Gasteiger partial charge in [-0.25, -0.2) is 13.1 Å². The monoisotopic (exact) mass is 314 g/mol. The molecule has 0 aliphatic heterocycles. The largest absolute Gasteiger partial charge is 0.394 e. The molecule has 7 heteroatoms. The molecule has 0 aromatic heterocycles. The highest BCUT2D eigenvalue weighted by Gasteiger charge is 2.17. The molecule has 1 rings (SSSR count). The van der Waals surface area contributed by atoms with Gasteiger partial charge >= 0.3 is 0 Å². The smallest absolute Gasteiger partial charge is 0.251 e. The van der Waals surface area contributed by atoms with Crippen molar-refractivity contribution in [1.29, 1.82) is 0 Å². The van der Waals surface area contributed by atoms with E-state index in [1.165, 1.54) is 24.3 Å². The molecule has 1 aromatic carbocycles. The van der Waals surface area contributed by atoms with Gasteiger partial charge in [-0.2, -0.15) is 0 Å². The minimum atomic E-state index is -3.52. The number of sulfonamides is 1. The molecule has 0 spiro atoms. The van der Waals surface area contributed by atoms with Crippen molar-refractivity contribution in [1.82, 2.24) is 10.0 Å². The Labute approximate surface area is 125 Å². The zero-order valence-corrected chi connectivity index (χ0v) is 13.3. The molecular weight excluding hydrogens is 292 g/mol. The molecule has 1 aromatic rings. The second-order valence-electron chi connectivity index (χ2n) is 5.03. The zero-order chi connectivity index (χ0) is 16.0. The van der Waals surface area contributed by atoms with Gasteiger partial charge in [0.15, 0.2) is 0 Å². The van der Waals surface area contributed by atoms with Gasteiger partial charge in [0.05, 0.1) is 17.5 Å².